The highest BCUT2D eigenvalue weighted by Gasteiger charge is 2.34. The average Bonchev–Trinajstić information content (AvgIpc) is 2.78. The Kier molecular flexibility index (Phi) is 4.60. The molecule has 150 valence electrons. The lowest BCUT2D eigenvalue weighted by molar-refractivity contribution is -0.0900. The first kappa shape index (κ1) is 18.6. The number of hydrogen-bond donors (Lipinski definition) is 1. The summed E-state index contributed by atoms with van der Waals surface area (Å²) in [6.07, 6.45) is 0.216. The first-order chi connectivity index (χ1) is 14.7. The number of benzene rings is 3. The maximum atomic E-state index is 13.3. The molecule has 3 aromatic rings. The Balaban J connectivity index is 1.56. The number of carbonyl (C=O) groups excluding carboxylic acids is 2. The van der Waals surface area contributed by atoms with Crippen molar-refractivity contribution in [1.29, 1.82) is 0 Å². The van der Waals surface area contributed by atoms with Crippen molar-refractivity contribution in [2.75, 3.05) is 11.9 Å². The summed E-state index contributed by atoms with van der Waals surface area (Å²) in [5, 5.41) is 3.50. The van der Waals surface area contributed by atoms with Crippen LogP contribution >= 0.6 is 0 Å². The molecule has 5 rings (SSSR count). The van der Waals surface area contributed by atoms with Gasteiger partial charge >= 0.3 is 0 Å². The highest BCUT2D eigenvalue weighted by atomic mass is 16.7. The van der Waals surface area contributed by atoms with E-state index in [0.29, 0.717) is 41.0 Å². The molecule has 0 bridgehead atoms. The van der Waals surface area contributed by atoms with Crippen molar-refractivity contribution in [2.24, 2.45) is 0 Å². The average molecular weight is 399 g/mol. The van der Waals surface area contributed by atoms with Gasteiger partial charge in [0.05, 0.1) is 11.6 Å². The van der Waals surface area contributed by atoms with Gasteiger partial charge in [0.2, 0.25) is 6.29 Å². The number of carbonyl (C=O) groups is 2. The molecule has 0 spiro atoms. The zero-order valence-electron chi connectivity index (χ0n) is 16.6. The maximum absolute atomic E-state index is 13.3. The number of ketones is 2. The van der Waals surface area contributed by atoms with E-state index < -0.39 is 0 Å². The minimum Gasteiger partial charge on any atom is -0.464 e. The molecular weight excluding hydrogens is 378 g/mol. The molecule has 2 atom stereocenters. The summed E-state index contributed by atoms with van der Waals surface area (Å²) >= 11 is 0. The third-order valence-electron chi connectivity index (χ3n) is 5.62. The van der Waals surface area contributed by atoms with E-state index in [1.165, 1.54) is 0 Å². The summed E-state index contributed by atoms with van der Waals surface area (Å²) in [5.41, 5.74) is 3.42. The Labute approximate surface area is 174 Å². The van der Waals surface area contributed by atoms with Gasteiger partial charge in [0.25, 0.3) is 0 Å². The molecule has 0 fully saturated rings. The lowest BCUT2D eigenvalue weighted by atomic mass is 9.83. The summed E-state index contributed by atoms with van der Waals surface area (Å²) in [6.45, 7) is 2.48. The number of ether oxygens (including phenoxy) is 2. The predicted octanol–water partition coefficient (Wildman–Crippen LogP) is 4.76. The Morgan fingerprint density at radius 3 is 2.40 bits per heavy atom. The minimum absolute atomic E-state index is 0.113. The second kappa shape index (κ2) is 7.43. The molecule has 0 aromatic heterocycles. The summed E-state index contributed by atoms with van der Waals surface area (Å²) in [7, 11) is 0. The van der Waals surface area contributed by atoms with Crippen LogP contribution in [0.2, 0.25) is 0 Å². The molecule has 30 heavy (non-hydrogen) atoms. The van der Waals surface area contributed by atoms with Gasteiger partial charge < -0.3 is 14.8 Å². The van der Waals surface area contributed by atoms with Crippen LogP contribution in [0.1, 0.15) is 56.8 Å². The summed E-state index contributed by atoms with van der Waals surface area (Å²) in [5.74, 6) is 0.505. The van der Waals surface area contributed by atoms with Crippen molar-refractivity contribution in [3.05, 3.63) is 94.5 Å². The van der Waals surface area contributed by atoms with Gasteiger partial charge in [-0.25, -0.2) is 0 Å². The van der Waals surface area contributed by atoms with E-state index in [1.54, 1.807) is 30.3 Å². The van der Waals surface area contributed by atoms with Gasteiger partial charge in [-0.3, -0.25) is 9.59 Å². The Hall–Kier alpha value is -3.44. The minimum atomic E-state index is -0.375. The Morgan fingerprint density at radius 1 is 0.900 bits per heavy atom. The maximum Gasteiger partial charge on any atom is 0.202 e. The molecule has 5 heteroatoms. The second-order valence-corrected chi connectivity index (χ2v) is 7.41. The fourth-order valence-corrected chi connectivity index (χ4v) is 4.26. The highest BCUT2D eigenvalue weighted by Crippen LogP contribution is 2.39. The molecule has 3 aromatic carbocycles. The van der Waals surface area contributed by atoms with Crippen molar-refractivity contribution >= 4 is 17.3 Å². The van der Waals surface area contributed by atoms with Crippen molar-refractivity contribution < 1.29 is 19.1 Å². The molecule has 1 N–H and O–H groups in total. The first-order valence-electron chi connectivity index (χ1n) is 10.1. The number of rotatable bonds is 4. The van der Waals surface area contributed by atoms with Crippen LogP contribution in [0.3, 0.4) is 0 Å². The number of anilines is 1. The molecule has 1 heterocycles. The molecule has 5 nitrogen and oxygen atoms in total. The number of nitrogens with one attached hydrogen (secondary N) is 1. The van der Waals surface area contributed by atoms with Gasteiger partial charge in [-0.15, -0.1) is 0 Å². The molecule has 0 amide bonds. The van der Waals surface area contributed by atoms with E-state index in [9.17, 15) is 9.59 Å². The zero-order chi connectivity index (χ0) is 20.7. The topological polar surface area (TPSA) is 64.6 Å². The lowest BCUT2D eigenvalue weighted by Crippen LogP contribution is -2.32. The monoisotopic (exact) mass is 399 g/mol. The summed E-state index contributed by atoms with van der Waals surface area (Å²) in [6, 6.07) is 20.1. The fraction of sp³-hybridized carbons (Fsp3) is 0.200. The number of para-hydroxylation sites is 1. The van der Waals surface area contributed by atoms with E-state index >= 15 is 0 Å². The Bertz CT molecular complexity index is 1150. The fourth-order valence-electron chi connectivity index (χ4n) is 4.26. The van der Waals surface area contributed by atoms with Crippen molar-refractivity contribution in [3.63, 3.8) is 0 Å². The third kappa shape index (κ3) is 2.99. The zero-order valence-corrected chi connectivity index (χ0v) is 16.6. The SMILES string of the molecule is CCO[C@@H]1C[C@H](Nc2cccc3c2C(=O)c2ccccc2C3=O)c2ccccc2O1. The largest absolute Gasteiger partial charge is 0.464 e. The van der Waals surface area contributed by atoms with Gasteiger partial charge in [-0.05, 0) is 19.1 Å². The van der Waals surface area contributed by atoms with E-state index in [1.807, 2.05) is 43.3 Å². The van der Waals surface area contributed by atoms with E-state index in [2.05, 4.69) is 5.32 Å². The molecule has 1 aliphatic heterocycles. The molecule has 0 saturated heterocycles. The Morgan fingerprint density at radius 2 is 1.60 bits per heavy atom. The smallest absolute Gasteiger partial charge is 0.202 e. The second-order valence-electron chi connectivity index (χ2n) is 7.41. The van der Waals surface area contributed by atoms with Crippen molar-refractivity contribution in [2.45, 2.75) is 25.7 Å². The van der Waals surface area contributed by atoms with Crippen LogP contribution in [0.15, 0.2) is 66.7 Å². The lowest BCUT2D eigenvalue weighted by Gasteiger charge is -2.33. The van der Waals surface area contributed by atoms with Gasteiger partial charge in [0.1, 0.15) is 5.75 Å². The van der Waals surface area contributed by atoms with Crippen LogP contribution in [0.25, 0.3) is 0 Å². The van der Waals surface area contributed by atoms with Crippen LogP contribution in [0, 0.1) is 0 Å². The third-order valence-corrected chi connectivity index (χ3v) is 5.62. The normalized spacial score (nSPS) is 19.4. The first-order valence-corrected chi connectivity index (χ1v) is 10.1. The molecule has 0 unspecified atom stereocenters. The van der Waals surface area contributed by atoms with Gasteiger partial charge in [-0.1, -0.05) is 54.6 Å². The van der Waals surface area contributed by atoms with Gasteiger partial charge in [0, 0.05) is 41.0 Å². The quantitative estimate of drug-likeness (QED) is 0.536. The molecule has 0 radical (unpaired) electrons. The van der Waals surface area contributed by atoms with E-state index in [0.717, 1.165) is 11.3 Å². The molecule has 0 saturated carbocycles. The summed E-state index contributed by atoms with van der Waals surface area (Å²) < 4.78 is 11.7. The van der Waals surface area contributed by atoms with Crippen LogP contribution in [0.5, 0.6) is 5.75 Å². The number of fused-ring (bicyclic) bond motifs is 3. The molecule has 1 aliphatic carbocycles. The van der Waals surface area contributed by atoms with E-state index in [-0.39, 0.29) is 23.9 Å². The van der Waals surface area contributed by atoms with Crippen molar-refractivity contribution in [1.82, 2.24) is 0 Å². The van der Waals surface area contributed by atoms with Crippen LogP contribution < -0.4 is 10.1 Å². The van der Waals surface area contributed by atoms with Gasteiger partial charge in [-0.2, -0.15) is 0 Å². The molecular formula is C25H21NO4. The van der Waals surface area contributed by atoms with Crippen LogP contribution in [-0.4, -0.2) is 24.5 Å². The predicted molar refractivity (Wildman–Crippen MR) is 113 cm³/mol. The standard InChI is InChI=1S/C25H21NO4/c1-2-29-22-14-20(17-10-5-6-13-21(17)30-22)26-19-12-7-11-18-23(19)25(28)16-9-4-3-8-15(16)24(18)27/h3-13,20,22,26H,2,14H2,1H3/t20-,22-/m0/s1. The highest BCUT2D eigenvalue weighted by molar-refractivity contribution is 6.30. The van der Waals surface area contributed by atoms with Gasteiger partial charge in [0.15, 0.2) is 11.6 Å². The number of hydrogen-bond acceptors (Lipinski definition) is 5. The van der Waals surface area contributed by atoms with Crippen LogP contribution in [-0.2, 0) is 4.74 Å². The van der Waals surface area contributed by atoms with E-state index in [4.69, 9.17) is 9.47 Å². The summed E-state index contributed by atoms with van der Waals surface area (Å²) in [4.78, 5) is 26.3. The van der Waals surface area contributed by atoms with Crippen LogP contribution in [0.4, 0.5) is 5.69 Å². The molecule has 2 aliphatic rings. The van der Waals surface area contributed by atoms with Crippen molar-refractivity contribution in [3.8, 4) is 5.75 Å².